The largest absolute Gasteiger partial charge is 0.368 e. The minimum atomic E-state index is 0.370. The molecule has 1 aliphatic heterocycles. The molecular weight excluding hydrogens is 256 g/mol. The van der Waals surface area contributed by atoms with E-state index >= 15 is 0 Å². The van der Waals surface area contributed by atoms with E-state index in [1.165, 1.54) is 41.5 Å². The van der Waals surface area contributed by atoms with Gasteiger partial charge in [-0.05, 0) is 47.9 Å². The van der Waals surface area contributed by atoms with Crippen LogP contribution < -0.4 is 0 Å². The molecule has 0 spiro atoms. The topological polar surface area (TPSA) is 12.5 Å². The first-order valence-electron chi connectivity index (χ1n) is 8.13. The van der Waals surface area contributed by atoms with Crippen LogP contribution in [-0.2, 0) is 24.0 Å². The summed E-state index contributed by atoms with van der Waals surface area (Å²) in [5.74, 6) is 0. The molecule has 110 valence electrons. The predicted molar refractivity (Wildman–Crippen MR) is 87.6 cm³/mol. The van der Waals surface area contributed by atoms with E-state index in [9.17, 15) is 0 Å². The van der Waals surface area contributed by atoms with Gasteiger partial charge in [-0.1, -0.05) is 61.9 Å². The fourth-order valence-corrected chi connectivity index (χ4v) is 2.68. The lowest BCUT2D eigenvalue weighted by Crippen LogP contribution is -1.93. The van der Waals surface area contributed by atoms with Crippen molar-refractivity contribution in [1.29, 1.82) is 0 Å². The quantitative estimate of drug-likeness (QED) is 0.658. The average Bonchev–Trinajstić information content (AvgIpc) is 3.37. The van der Waals surface area contributed by atoms with Crippen molar-refractivity contribution in [3.63, 3.8) is 0 Å². The third-order valence-corrected chi connectivity index (χ3v) is 4.23. The highest BCUT2D eigenvalue weighted by molar-refractivity contribution is 5.28. The molecule has 2 aromatic carbocycles. The van der Waals surface area contributed by atoms with Crippen LogP contribution in [0.1, 0.15) is 48.1 Å². The van der Waals surface area contributed by atoms with E-state index < -0.39 is 0 Å². The second kappa shape index (κ2) is 6.91. The molecule has 1 fully saturated rings. The third-order valence-electron chi connectivity index (χ3n) is 4.23. The highest BCUT2D eigenvalue weighted by Gasteiger charge is 2.24. The molecule has 1 saturated heterocycles. The van der Waals surface area contributed by atoms with Crippen molar-refractivity contribution >= 4 is 0 Å². The van der Waals surface area contributed by atoms with Crippen LogP contribution in [0, 0.1) is 0 Å². The third kappa shape index (κ3) is 4.18. The number of ether oxygens (including phenoxy) is 1. The smallest absolute Gasteiger partial charge is 0.106 e. The molecule has 1 atom stereocenters. The van der Waals surface area contributed by atoms with Crippen molar-refractivity contribution in [1.82, 2.24) is 0 Å². The highest BCUT2D eigenvalue weighted by atomic mass is 16.6. The Morgan fingerprint density at radius 2 is 1.29 bits per heavy atom. The van der Waals surface area contributed by atoms with Gasteiger partial charge < -0.3 is 4.74 Å². The normalized spacial score (nSPS) is 16.9. The predicted octanol–water partition coefficient (Wildman–Crippen LogP) is 4.89. The molecule has 1 heteroatoms. The Morgan fingerprint density at radius 3 is 1.76 bits per heavy atom. The van der Waals surface area contributed by atoms with Crippen LogP contribution >= 0.6 is 0 Å². The summed E-state index contributed by atoms with van der Waals surface area (Å²) >= 11 is 0. The van der Waals surface area contributed by atoms with E-state index in [1.807, 2.05) is 0 Å². The molecule has 0 radical (unpaired) electrons. The number of epoxide rings is 1. The van der Waals surface area contributed by atoms with Crippen LogP contribution in [0.25, 0.3) is 0 Å². The van der Waals surface area contributed by atoms with Gasteiger partial charge in [0.15, 0.2) is 0 Å². The zero-order valence-corrected chi connectivity index (χ0v) is 12.8. The number of hydrogen-bond donors (Lipinski definition) is 0. The van der Waals surface area contributed by atoms with Gasteiger partial charge >= 0.3 is 0 Å². The maximum Gasteiger partial charge on any atom is 0.106 e. The lowest BCUT2D eigenvalue weighted by Gasteiger charge is -2.05. The first-order valence-corrected chi connectivity index (χ1v) is 8.13. The molecule has 1 nitrogen and oxygen atoms in total. The minimum absolute atomic E-state index is 0.370. The highest BCUT2D eigenvalue weighted by Crippen LogP contribution is 2.29. The van der Waals surface area contributed by atoms with Gasteiger partial charge in [-0.25, -0.2) is 0 Å². The maximum atomic E-state index is 5.30. The fourth-order valence-electron chi connectivity index (χ4n) is 2.68. The van der Waals surface area contributed by atoms with Crippen LogP contribution in [-0.4, -0.2) is 6.61 Å². The molecule has 1 heterocycles. The molecule has 0 bridgehead atoms. The SMILES string of the molecule is CCCCc1ccc(CCc2ccc(C3CO3)cc2)cc1. The van der Waals surface area contributed by atoms with Gasteiger partial charge in [0.05, 0.1) is 6.61 Å². The first-order chi connectivity index (χ1) is 10.3. The standard InChI is InChI=1S/C20H24O/c1-2-3-4-16-5-7-17(8-6-16)9-10-18-11-13-19(14-12-18)20-15-21-20/h5-8,11-14,20H,2-4,9-10,15H2,1H3. The van der Waals surface area contributed by atoms with Gasteiger partial charge in [0, 0.05) is 0 Å². The summed E-state index contributed by atoms with van der Waals surface area (Å²) in [6.45, 7) is 3.14. The second-order valence-corrected chi connectivity index (χ2v) is 5.98. The van der Waals surface area contributed by atoms with Gasteiger partial charge in [-0.15, -0.1) is 0 Å². The Bertz CT molecular complexity index is 549. The fraction of sp³-hybridized carbons (Fsp3) is 0.400. The molecule has 0 saturated carbocycles. The van der Waals surface area contributed by atoms with Crippen LogP contribution in [0.5, 0.6) is 0 Å². The Balaban J connectivity index is 1.51. The molecule has 0 aromatic heterocycles. The molecule has 0 N–H and O–H groups in total. The van der Waals surface area contributed by atoms with Crippen molar-refractivity contribution in [2.24, 2.45) is 0 Å². The van der Waals surface area contributed by atoms with E-state index in [4.69, 9.17) is 4.74 Å². The van der Waals surface area contributed by atoms with Crippen molar-refractivity contribution in [2.45, 2.75) is 45.1 Å². The van der Waals surface area contributed by atoms with Gasteiger partial charge in [-0.2, -0.15) is 0 Å². The van der Waals surface area contributed by atoms with Gasteiger partial charge in [0.25, 0.3) is 0 Å². The van der Waals surface area contributed by atoms with Crippen LogP contribution in [0.15, 0.2) is 48.5 Å². The number of aryl methyl sites for hydroxylation is 3. The minimum Gasteiger partial charge on any atom is -0.368 e. The van der Waals surface area contributed by atoms with E-state index in [1.54, 1.807) is 0 Å². The molecule has 3 rings (SSSR count). The lowest BCUT2D eigenvalue weighted by atomic mass is 10.0. The summed E-state index contributed by atoms with van der Waals surface area (Å²) in [6, 6.07) is 18.1. The molecular formula is C20H24O. The molecule has 0 amide bonds. The summed E-state index contributed by atoms with van der Waals surface area (Å²) in [5.41, 5.74) is 5.63. The molecule has 1 unspecified atom stereocenters. The van der Waals surface area contributed by atoms with E-state index in [-0.39, 0.29) is 0 Å². The van der Waals surface area contributed by atoms with Gasteiger partial charge in [0.1, 0.15) is 6.10 Å². The molecule has 1 aliphatic rings. The summed E-state index contributed by atoms with van der Waals surface area (Å²) in [4.78, 5) is 0. The monoisotopic (exact) mass is 280 g/mol. The first kappa shape index (κ1) is 14.3. The van der Waals surface area contributed by atoms with Gasteiger partial charge in [0.2, 0.25) is 0 Å². The summed E-state index contributed by atoms with van der Waals surface area (Å²) in [6.07, 6.45) is 6.37. The molecule has 2 aromatic rings. The Hall–Kier alpha value is -1.60. The lowest BCUT2D eigenvalue weighted by molar-refractivity contribution is 0.415. The van der Waals surface area contributed by atoms with Crippen molar-refractivity contribution in [3.8, 4) is 0 Å². The van der Waals surface area contributed by atoms with E-state index in [2.05, 4.69) is 55.5 Å². The Kier molecular flexibility index (Phi) is 4.72. The van der Waals surface area contributed by atoms with Gasteiger partial charge in [-0.3, -0.25) is 0 Å². The van der Waals surface area contributed by atoms with E-state index in [0.29, 0.717) is 6.10 Å². The number of benzene rings is 2. The summed E-state index contributed by atoms with van der Waals surface area (Å²) in [5, 5.41) is 0. The van der Waals surface area contributed by atoms with Crippen LogP contribution in [0.2, 0.25) is 0 Å². The van der Waals surface area contributed by atoms with Crippen LogP contribution in [0.4, 0.5) is 0 Å². The maximum absolute atomic E-state index is 5.30. The molecule has 21 heavy (non-hydrogen) atoms. The van der Waals surface area contributed by atoms with Crippen molar-refractivity contribution < 1.29 is 4.74 Å². The zero-order valence-electron chi connectivity index (χ0n) is 12.8. The number of rotatable bonds is 7. The second-order valence-electron chi connectivity index (χ2n) is 5.98. The number of hydrogen-bond acceptors (Lipinski definition) is 1. The van der Waals surface area contributed by atoms with Crippen molar-refractivity contribution in [3.05, 3.63) is 70.8 Å². The Labute approximate surface area is 128 Å². The van der Waals surface area contributed by atoms with Crippen molar-refractivity contribution in [2.75, 3.05) is 6.61 Å². The van der Waals surface area contributed by atoms with E-state index in [0.717, 1.165) is 19.4 Å². The summed E-state index contributed by atoms with van der Waals surface area (Å²) in [7, 11) is 0. The van der Waals surface area contributed by atoms with Crippen LogP contribution in [0.3, 0.4) is 0 Å². The average molecular weight is 280 g/mol. The zero-order chi connectivity index (χ0) is 14.5. The Morgan fingerprint density at radius 1 is 0.810 bits per heavy atom. The number of unbranched alkanes of at least 4 members (excludes halogenated alkanes) is 1. The molecule has 0 aliphatic carbocycles. The summed E-state index contributed by atoms with van der Waals surface area (Å²) < 4.78 is 5.30.